The van der Waals surface area contributed by atoms with E-state index in [9.17, 15) is 0 Å². The fourth-order valence-electron chi connectivity index (χ4n) is 2.06. The van der Waals surface area contributed by atoms with E-state index < -0.39 is 0 Å². The van der Waals surface area contributed by atoms with Crippen LogP contribution in [-0.2, 0) is 0 Å². The van der Waals surface area contributed by atoms with Gasteiger partial charge >= 0.3 is 0 Å². The number of nitrogens with one attached hydrogen (secondary N) is 1. The molecule has 1 rings (SSSR count). The number of hydrogen-bond donors (Lipinski definition) is 2. The molecule has 0 radical (unpaired) electrons. The molecule has 0 aliphatic rings. The van der Waals surface area contributed by atoms with Gasteiger partial charge in [0, 0.05) is 10.5 Å². The van der Waals surface area contributed by atoms with E-state index in [-0.39, 0.29) is 6.04 Å². The van der Waals surface area contributed by atoms with Crippen LogP contribution in [0.1, 0.15) is 44.7 Å². The summed E-state index contributed by atoms with van der Waals surface area (Å²) in [5, 5.41) is 0. The van der Waals surface area contributed by atoms with E-state index in [1.807, 2.05) is 6.07 Å². The summed E-state index contributed by atoms with van der Waals surface area (Å²) < 4.78 is 1.13. The monoisotopic (exact) mass is 284 g/mol. The average Bonchev–Trinajstić information content (AvgIpc) is 2.27. The van der Waals surface area contributed by atoms with E-state index in [1.165, 1.54) is 18.4 Å². The van der Waals surface area contributed by atoms with Gasteiger partial charge in [-0.15, -0.1) is 0 Å². The quantitative estimate of drug-likeness (QED) is 0.616. The lowest BCUT2D eigenvalue weighted by Crippen LogP contribution is -2.29. The minimum absolute atomic E-state index is 0.233. The Morgan fingerprint density at radius 2 is 2.06 bits per heavy atom. The molecule has 0 heterocycles. The van der Waals surface area contributed by atoms with Crippen molar-refractivity contribution in [1.29, 1.82) is 0 Å². The summed E-state index contributed by atoms with van der Waals surface area (Å²) in [5.74, 6) is 6.34. The third kappa shape index (κ3) is 3.89. The first-order valence-corrected chi connectivity index (χ1v) is 6.68. The van der Waals surface area contributed by atoms with Gasteiger partial charge in [-0.05, 0) is 24.0 Å². The summed E-state index contributed by atoms with van der Waals surface area (Å²) in [7, 11) is 0. The van der Waals surface area contributed by atoms with E-state index in [4.69, 9.17) is 5.84 Å². The van der Waals surface area contributed by atoms with Gasteiger partial charge in [-0.2, -0.15) is 0 Å². The zero-order valence-corrected chi connectivity index (χ0v) is 11.6. The normalized spacial score (nSPS) is 14.8. The molecular formula is C13H21BrN2. The van der Waals surface area contributed by atoms with Gasteiger partial charge in [-0.3, -0.25) is 11.3 Å². The van der Waals surface area contributed by atoms with Crippen molar-refractivity contribution in [3.8, 4) is 0 Å². The van der Waals surface area contributed by atoms with Crippen LogP contribution >= 0.6 is 15.9 Å². The molecule has 1 aromatic carbocycles. The highest BCUT2D eigenvalue weighted by Gasteiger charge is 2.15. The zero-order valence-electron chi connectivity index (χ0n) is 10.0. The van der Waals surface area contributed by atoms with Crippen LogP contribution in [0.2, 0.25) is 0 Å². The average molecular weight is 285 g/mol. The fraction of sp³-hybridized carbons (Fsp3) is 0.538. The highest BCUT2D eigenvalue weighted by molar-refractivity contribution is 9.10. The molecule has 0 spiro atoms. The Labute approximate surface area is 107 Å². The Morgan fingerprint density at radius 3 is 2.62 bits per heavy atom. The van der Waals surface area contributed by atoms with Gasteiger partial charge in [-0.25, -0.2) is 0 Å². The lowest BCUT2D eigenvalue weighted by molar-refractivity contribution is 0.394. The molecule has 0 saturated heterocycles. The summed E-state index contributed by atoms with van der Waals surface area (Å²) in [6.45, 7) is 4.50. The van der Waals surface area contributed by atoms with Crippen molar-refractivity contribution in [3.05, 3.63) is 34.3 Å². The predicted octanol–water partition coefficient (Wildman–Crippen LogP) is 3.78. The first kappa shape index (κ1) is 13.7. The van der Waals surface area contributed by atoms with Crippen LogP contribution in [0.15, 0.2) is 28.7 Å². The maximum Gasteiger partial charge on any atom is 0.0473 e. The minimum atomic E-state index is 0.233. The van der Waals surface area contributed by atoms with Crippen LogP contribution in [-0.4, -0.2) is 0 Å². The maximum absolute atomic E-state index is 5.65. The Hall–Kier alpha value is -0.380. The van der Waals surface area contributed by atoms with Crippen molar-refractivity contribution in [2.24, 2.45) is 11.8 Å². The Bertz CT molecular complexity index is 315. The highest BCUT2D eigenvalue weighted by Crippen LogP contribution is 2.28. The van der Waals surface area contributed by atoms with Crippen molar-refractivity contribution in [2.45, 2.75) is 39.2 Å². The molecule has 0 fully saturated rings. The molecule has 3 N–H and O–H groups in total. The lowest BCUT2D eigenvalue weighted by Gasteiger charge is -2.21. The van der Waals surface area contributed by atoms with Gasteiger partial charge in [0.15, 0.2) is 0 Å². The first-order chi connectivity index (χ1) is 7.69. The zero-order chi connectivity index (χ0) is 12.0. The van der Waals surface area contributed by atoms with Gasteiger partial charge in [0.25, 0.3) is 0 Å². The third-order valence-electron chi connectivity index (χ3n) is 2.90. The van der Waals surface area contributed by atoms with Crippen LogP contribution in [0.5, 0.6) is 0 Å². The number of benzene rings is 1. The van der Waals surface area contributed by atoms with E-state index in [0.29, 0.717) is 5.92 Å². The molecule has 0 amide bonds. The Balaban J connectivity index is 2.71. The molecule has 2 atom stereocenters. The second-order valence-corrected chi connectivity index (χ2v) is 5.22. The van der Waals surface area contributed by atoms with Gasteiger partial charge in [0.2, 0.25) is 0 Å². The molecule has 16 heavy (non-hydrogen) atoms. The number of rotatable bonds is 6. The molecule has 0 saturated carbocycles. The van der Waals surface area contributed by atoms with E-state index in [0.717, 1.165) is 10.9 Å². The second-order valence-electron chi connectivity index (χ2n) is 4.37. The summed E-state index contributed by atoms with van der Waals surface area (Å²) in [4.78, 5) is 0. The standard InChI is InChI=1S/C13H21BrN2/c1-3-6-10(2)9-13(16-15)11-7-4-5-8-12(11)14/h4-5,7-8,10,13,16H,3,6,9,15H2,1-2H3. The summed E-state index contributed by atoms with van der Waals surface area (Å²) in [6, 6.07) is 8.49. The highest BCUT2D eigenvalue weighted by atomic mass is 79.9. The Morgan fingerprint density at radius 1 is 1.38 bits per heavy atom. The molecule has 0 bridgehead atoms. The third-order valence-corrected chi connectivity index (χ3v) is 3.62. The topological polar surface area (TPSA) is 38.0 Å². The number of hydrogen-bond acceptors (Lipinski definition) is 2. The Kier molecular flexibility index (Phi) is 6.03. The minimum Gasteiger partial charge on any atom is -0.271 e. The van der Waals surface area contributed by atoms with Crippen molar-refractivity contribution in [1.82, 2.24) is 5.43 Å². The van der Waals surface area contributed by atoms with E-state index in [2.05, 4.69) is 53.4 Å². The molecule has 0 aromatic heterocycles. The molecule has 0 aliphatic heterocycles. The summed E-state index contributed by atoms with van der Waals surface area (Å²) in [5.41, 5.74) is 4.16. The van der Waals surface area contributed by atoms with Crippen LogP contribution < -0.4 is 11.3 Å². The van der Waals surface area contributed by atoms with Gasteiger partial charge < -0.3 is 0 Å². The molecule has 2 unspecified atom stereocenters. The maximum atomic E-state index is 5.65. The lowest BCUT2D eigenvalue weighted by atomic mass is 9.93. The van der Waals surface area contributed by atoms with Crippen molar-refractivity contribution < 1.29 is 0 Å². The molecule has 90 valence electrons. The van der Waals surface area contributed by atoms with Gasteiger partial charge in [0.1, 0.15) is 0 Å². The van der Waals surface area contributed by atoms with Crippen LogP contribution in [0, 0.1) is 5.92 Å². The summed E-state index contributed by atoms with van der Waals surface area (Å²) >= 11 is 3.57. The van der Waals surface area contributed by atoms with E-state index >= 15 is 0 Å². The summed E-state index contributed by atoms with van der Waals surface area (Å²) in [6.07, 6.45) is 3.56. The second kappa shape index (κ2) is 7.05. The van der Waals surface area contributed by atoms with Crippen molar-refractivity contribution in [3.63, 3.8) is 0 Å². The van der Waals surface area contributed by atoms with Crippen molar-refractivity contribution in [2.75, 3.05) is 0 Å². The fourth-order valence-corrected chi connectivity index (χ4v) is 2.62. The van der Waals surface area contributed by atoms with Crippen LogP contribution in [0.25, 0.3) is 0 Å². The molecule has 1 aromatic rings. The first-order valence-electron chi connectivity index (χ1n) is 5.89. The number of nitrogens with two attached hydrogens (primary N) is 1. The SMILES string of the molecule is CCCC(C)CC(NN)c1ccccc1Br. The van der Waals surface area contributed by atoms with Crippen LogP contribution in [0.3, 0.4) is 0 Å². The molecular weight excluding hydrogens is 264 g/mol. The smallest absolute Gasteiger partial charge is 0.0473 e. The number of halogens is 1. The molecule has 0 aliphatic carbocycles. The van der Waals surface area contributed by atoms with Gasteiger partial charge in [0.05, 0.1) is 0 Å². The predicted molar refractivity (Wildman–Crippen MR) is 72.9 cm³/mol. The van der Waals surface area contributed by atoms with Gasteiger partial charge in [-0.1, -0.05) is 60.8 Å². The van der Waals surface area contributed by atoms with Crippen LogP contribution in [0.4, 0.5) is 0 Å². The molecule has 3 heteroatoms. The van der Waals surface area contributed by atoms with Crippen molar-refractivity contribution >= 4 is 15.9 Å². The largest absolute Gasteiger partial charge is 0.271 e. The molecule has 2 nitrogen and oxygen atoms in total. The number of hydrazine groups is 1. The van der Waals surface area contributed by atoms with E-state index in [1.54, 1.807) is 0 Å².